The Morgan fingerprint density at radius 1 is 1.27 bits per heavy atom. The van der Waals surface area contributed by atoms with Crippen molar-refractivity contribution in [3.8, 4) is 11.5 Å². The van der Waals surface area contributed by atoms with Gasteiger partial charge in [0.15, 0.2) is 0 Å². The zero-order chi connectivity index (χ0) is 15.7. The predicted octanol–water partition coefficient (Wildman–Crippen LogP) is 4.10. The van der Waals surface area contributed by atoms with Gasteiger partial charge in [-0.15, -0.1) is 0 Å². The van der Waals surface area contributed by atoms with E-state index in [9.17, 15) is 10.1 Å². The summed E-state index contributed by atoms with van der Waals surface area (Å²) < 4.78 is 11.0. The summed E-state index contributed by atoms with van der Waals surface area (Å²) in [5, 5.41) is 11.8. The third kappa shape index (κ3) is 2.51. The van der Waals surface area contributed by atoms with E-state index in [0.29, 0.717) is 27.6 Å². The number of halogens is 1. The van der Waals surface area contributed by atoms with Gasteiger partial charge < -0.3 is 9.47 Å². The molecular formula is C16H12ClNO4. The zero-order valence-corrected chi connectivity index (χ0v) is 12.4. The summed E-state index contributed by atoms with van der Waals surface area (Å²) in [4.78, 5) is 10.9. The van der Waals surface area contributed by atoms with Gasteiger partial charge in [-0.05, 0) is 24.3 Å². The van der Waals surface area contributed by atoms with Crippen LogP contribution in [0.3, 0.4) is 0 Å². The lowest BCUT2D eigenvalue weighted by Gasteiger charge is -2.23. The third-order valence-corrected chi connectivity index (χ3v) is 3.78. The molecule has 3 rings (SSSR count). The van der Waals surface area contributed by atoms with E-state index in [-0.39, 0.29) is 5.70 Å². The smallest absolute Gasteiger partial charge is 0.291 e. The first-order valence-corrected chi connectivity index (χ1v) is 6.93. The van der Waals surface area contributed by atoms with Crippen LogP contribution in [0.1, 0.15) is 17.2 Å². The minimum Gasteiger partial charge on any atom is -0.497 e. The first-order chi connectivity index (χ1) is 10.6. The largest absolute Gasteiger partial charge is 0.497 e. The highest BCUT2D eigenvalue weighted by atomic mass is 35.5. The Labute approximate surface area is 131 Å². The van der Waals surface area contributed by atoms with Crippen LogP contribution in [-0.4, -0.2) is 12.0 Å². The summed E-state index contributed by atoms with van der Waals surface area (Å²) in [6.45, 7) is 0. The summed E-state index contributed by atoms with van der Waals surface area (Å²) in [6.07, 6.45) is 0.652. The number of methoxy groups -OCH3 is 1. The van der Waals surface area contributed by atoms with Gasteiger partial charge in [-0.3, -0.25) is 10.1 Å². The lowest BCUT2D eigenvalue weighted by atomic mass is 10.0. The molecule has 5 nitrogen and oxygen atoms in total. The van der Waals surface area contributed by atoms with Gasteiger partial charge in [0.1, 0.15) is 11.5 Å². The van der Waals surface area contributed by atoms with E-state index in [1.165, 1.54) is 13.2 Å². The maximum Gasteiger partial charge on any atom is 0.291 e. The SMILES string of the molecule is COc1ccc2c(c1)C=C([N+](=O)[O-])C(c1ccccc1Cl)O2. The Hall–Kier alpha value is -2.53. The molecule has 22 heavy (non-hydrogen) atoms. The van der Waals surface area contributed by atoms with Crippen molar-refractivity contribution in [2.45, 2.75) is 6.10 Å². The lowest BCUT2D eigenvalue weighted by molar-refractivity contribution is -0.434. The van der Waals surface area contributed by atoms with Crippen LogP contribution in [0.4, 0.5) is 0 Å². The molecule has 0 aromatic heterocycles. The number of benzene rings is 2. The minimum atomic E-state index is -0.843. The molecule has 0 aliphatic carbocycles. The molecule has 0 saturated carbocycles. The van der Waals surface area contributed by atoms with Crippen molar-refractivity contribution in [2.75, 3.05) is 7.11 Å². The monoisotopic (exact) mass is 317 g/mol. The number of nitrogens with zero attached hydrogens (tertiary/aromatic N) is 1. The van der Waals surface area contributed by atoms with Crippen molar-refractivity contribution in [1.82, 2.24) is 0 Å². The van der Waals surface area contributed by atoms with Crippen LogP contribution in [0.5, 0.6) is 11.5 Å². The van der Waals surface area contributed by atoms with Crippen LogP contribution >= 0.6 is 11.6 Å². The maximum atomic E-state index is 11.4. The highest BCUT2D eigenvalue weighted by molar-refractivity contribution is 6.31. The molecule has 2 aromatic carbocycles. The molecular weight excluding hydrogens is 306 g/mol. The van der Waals surface area contributed by atoms with Gasteiger partial charge in [-0.25, -0.2) is 0 Å². The molecule has 0 amide bonds. The van der Waals surface area contributed by atoms with Crippen molar-refractivity contribution in [3.63, 3.8) is 0 Å². The second kappa shape index (κ2) is 5.69. The maximum absolute atomic E-state index is 11.4. The Balaban J connectivity index is 2.11. The summed E-state index contributed by atoms with van der Waals surface area (Å²) in [6, 6.07) is 12.1. The van der Waals surface area contributed by atoms with E-state index in [2.05, 4.69) is 0 Å². The molecule has 1 aliphatic heterocycles. The van der Waals surface area contributed by atoms with Crippen LogP contribution in [-0.2, 0) is 0 Å². The lowest BCUT2D eigenvalue weighted by Crippen LogP contribution is -2.20. The van der Waals surface area contributed by atoms with Crippen molar-refractivity contribution in [3.05, 3.63) is 74.4 Å². The van der Waals surface area contributed by atoms with Gasteiger partial charge in [-0.2, -0.15) is 0 Å². The molecule has 1 atom stereocenters. The van der Waals surface area contributed by atoms with Crippen LogP contribution in [0.25, 0.3) is 6.08 Å². The molecule has 0 N–H and O–H groups in total. The molecule has 0 spiro atoms. The Morgan fingerprint density at radius 3 is 2.73 bits per heavy atom. The number of ether oxygens (including phenoxy) is 2. The van der Waals surface area contributed by atoms with Crippen LogP contribution in [0.2, 0.25) is 5.02 Å². The minimum absolute atomic E-state index is 0.0612. The highest BCUT2D eigenvalue weighted by Gasteiger charge is 2.34. The molecule has 0 fully saturated rings. The summed E-state index contributed by atoms with van der Waals surface area (Å²) in [5.74, 6) is 1.16. The fourth-order valence-electron chi connectivity index (χ4n) is 2.35. The van der Waals surface area contributed by atoms with E-state index in [0.717, 1.165) is 0 Å². The van der Waals surface area contributed by atoms with E-state index in [1.54, 1.807) is 42.5 Å². The fraction of sp³-hybridized carbons (Fsp3) is 0.125. The normalized spacial score (nSPS) is 16.3. The van der Waals surface area contributed by atoms with Gasteiger partial charge in [0.25, 0.3) is 5.70 Å². The summed E-state index contributed by atoms with van der Waals surface area (Å²) in [5.41, 5.74) is 1.11. The molecule has 0 saturated heterocycles. The van der Waals surface area contributed by atoms with Gasteiger partial charge in [0, 0.05) is 22.2 Å². The van der Waals surface area contributed by atoms with Crippen LogP contribution in [0, 0.1) is 10.1 Å². The highest BCUT2D eigenvalue weighted by Crippen LogP contribution is 2.40. The second-order valence-electron chi connectivity index (χ2n) is 4.75. The third-order valence-electron chi connectivity index (χ3n) is 3.43. The van der Waals surface area contributed by atoms with Crippen molar-refractivity contribution >= 4 is 17.7 Å². The number of hydrogen-bond acceptors (Lipinski definition) is 4. The fourth-order valence-corrected chi connectivity index (χ4v) is 2.59. The van der Waals surface area contributed by atoms with E-state index in [1.807, 2.05) is 0 Å². The molecule has 0 bridgehead atoms. The number of fused-ring (bicyclic) bond motifs is 1. The van der Waals surface area contributed by atoms with Crippen molar-refractivity contribution in [2.24, 2.45) is 0 Å². The average Bonchev–Trinajstić information content (AvgIpc) is 2.53. The number of hydrogen-bond donors (Lipinski definition) is 0. The molecule has 1 aliphatic rings. The van der Waals surface area contributed by atoms with Gasteiger partial charge in [0.2, 0.25) is 6.10 Å². The van der Waals surface area contributed by atoms with Crippen LogP contribution in [0.15, 0.2) is 48.2 Å². The molecule has 1 heterocycles. The van der Waals surface area contributed by atoms with Gasteiger partial charge in [0.05, 0.1) is 12.0 Å². The zero-order valence-electron chi connectivity index (χ0n) is 11.7. The van der Waals surface area contributed by atoms with Crippen LogP contribution < -0.4 is 9.47 Å². The molecule has 112 valence electrons. The Morgan fingerprint density at radius 2 is 2.05 bits per heavy atom. The quantitative estimate of drug-likeness (QED) is 0.631. The van der Waals surface area contributed by atoms with Gasteiger partial charge >= 0.3 is 0 Å². The first-order valence-electron chi connectivity index (χ1n) is 6.55. The second-order valence-corrected chi connectivity index (χ2v) is 5.16. The summed E-state index contributed by atoms with van der Waals surface area (Å²) >= 11 is 6.15. The molecule has 6 heteroatoms. The number of rotatable bonds is 3. The predicted molar refractivity (Wildman–Crippen MR) is 82.8 cm³/mol. The molecule has 1 unspecified atom stereocenters. The molecule has 0 radical (unpaired) electrons. The Kier molecular flexibility index (Phi) is 3.73. The topological polar surface area (TPSA) is 61.6 Å². The van der Waals surface area contributed by atoms with E-state index >= 15 is 0 Å². The standard InChI is InChI=1S/C16H12ClNO4/c1-21-11-6-7-15-10(8-11)9-14(18(19)20)16(22-15)12-4-2-3-5-13(12)17/h2-9,16H,1H3. The van der Waals surface area contributed by atoms with Gasteiger partial charge in [-0.1, -0.05) is 29.8 Å². The first kappa shape index (κ1) is 14.4. The van der Waals surface area contributed by atoms with E-state index < -0.39 is 11.0 Å². The average molecular weight is 318 g/mol. The Bertz CT molecular complexity index is 772. The van der Waals surface area contributed by atoms with E-state index in [4.69, 9.17) is 21.1 Å². The van der Waals surface area contributed by atoms with Crippen molar-refractivity contribution < 1.29 is 14.4 Å². The molecule has 2 aromatic rings. The summed E-state index contributed by atoms with van der Waals surface area (Å²) in [7, 11) is 1.54. The van der Waals surface area contributed by atoms with Crippen molar-refractivity contribution in [1.29, 1.82) is 0 Å². The number of nitro groups is 1.